The van der Waals surface area contributed by atoms with Gasteiger partial charge in [-0.3, -0.25) is 0 Å². The normalized spacial score (nSPS) is 12.9. The standard InChI is InChI=1S/C13H18N2S/c1-10-6-7-13(16-10)11(2)14-9-12-5-4-8-15(12)3/h4-8,11,14H,9H2,1-3H3. The molecule has 0 aliphatic heterocycles. The molecular formula is C13H18N2S. The molecule has 2 nitrogen and oxygen atoms in total. The van der Waals surface area contributed by atoms with Crippen LogP contribution < -0.4 is 5.32 Å². The first-order valence-electron chi connectivity index (χ1n) is 5.57. The van der Waals surface area contributed by atoms with E-state index in [0.29, 0.717) is 6.04 Å². The quantitative estimate of drug-likeness (QED) is 0.859. The Morgan fingerprint density at radius 1 is 1.38 bits per heavy atom. The topological polar surface area (TPSA) is 17.0 Å². The summed E-state index contributed by atoms with van der Waals surface area (Å²) in [6, 6.07) is 9.05. The summed E-state index contributed by atoms with van der Waals surface area (Å²) in [5.41, 5.74) is 1.32. The van der Waals surface area contributed by atoms with E-state index < -0.39 is 0 Å². The molecule has 1 N–H and O–H groups in total. The first-order valence-corrected chi connectivity index (χ1v) is 6.38. The van der Waals surface area contributed by atoms with E-state index in [2.05, 4.69) is 61.2 Å². The molecule has 0 aliphatic rings. The fourth-order valence-corrected chi connectivity index (χ4v) is 2.63. The summed E-state index contributed by atoms with van der Waals surface area (Å²) in [5.74, 6) is 0. The highest BCUT2D eigenvalue weighted by Crippen LogP contribution is 2.22. The summed E-state index contributed by atoms with van der Waals surface area (Å²) in [6.07, 6.45) is 2.08. The Kier molecular flexibility index (Phi) is 3.46. The average molecular weight is 234 g/mol. The summed E-state index contributed by atoms with van der Waals surface area (Å²) in [5, 5.41) is 3.55. The van der Waals surface area contributed by atoms with Gasteiger partial charge >= 0.3 is 0 Å². The maximum atomic E-state index is 3.55. The molecule has 0 spiro atoms. The largest absolute Gasteiger partial charge is 0.353 e. The maximum Gasteiger partial charge on any atom is 0.0389 e. The van der Waals surface area contributed by atoms with Gasteiger partial charge < -0.3 is 9.88 Å². The van der Waals surface area contributed by atoms with Crippen molar-refractivity contribution in [2.45, 2.75) is 26.4 Å². The molecule has 0 bridgehead atoms. The molecule has 86 valence electrons. The van der Waals surface area contributed by atoms with Crippen molar-refractivity contribution in [1.82, 2.24) is 9.88 Å². The molecule has 1 atom stereocenters. The van der Waals surface area contributed by atoms with Crippen LogP contribution >= 0.6 is 11.3 Å². The highest BCUT2D eigenvalue weighted by molar-refractivity contribution is 7.12. The lowest BCUT2D eigenvalue weighted by Crippen LogP contribution is -2.18. The molecular weight excluding hydrogens is 216 g/mol. The highest BCUT2D eigenvalue weighted by atomic mass is 32.1. The molecule has 1 unspecified atom stereocenters. The Morgan fingerprint density at radius 2 is 2.19 bits per heavy atom. The predicted octanol–water partition coefficient (Wildman–Crippen LogP) is 3.25. The van der Waals surface area contributed by atoms with Gasteiger partial charge in [-0.15, -0.1) is 11.3 Å². The lowest BCUT2D eigenvalue weighted by Gasteiger charge is -2.12. The van der Waals surface area contributed by atoms with Crippen LogP contribution in [0.15, 0.2) is 30.5 Å². The SMILES string of the molecule is Cc1ccc(C(C)NCc2cccn2C)s1. The van der Waals surface area contributed by atoms with Gasteiger partial charge in [-0.2, -0.15) is 0 Å². The highest BCUT2D eigenvalue weighted by Gasteiger charge is 2.07. The average Bonchev–Trinajstić information content (AvgIpc) is 2.84. The van der Waals surface area contributed by atoms with Crippen molar-refractivity contribution in [3.63, 3.8) is 0 Å². The summed E-state index contributed by atoms with van der Waals surface area (Å²) in [4.78, 5) is 2.79. The minimum Gasteiger partial charge on any atom is -0.353 e. The van der Waals surface area contributed by atoms with Crippen molar-refractivity contribution in [3.05, 3.63) is 45.9 Å². The Hall–Kier alpha value is -1.06. The molecule has 2 aromatic rings. The van der Waals surface area contributed by atoms with Gasteiger partial charge in [-0.25, -0.2) is 0 Å². The first-order chi connectivity index (χ1) is 7.66. The number of hydrogen-bond acceptors (Lipinski definition) is 2. The molecule has 0 fully saturated rings. The third-order valence-electron chi connectivity index (χ3n) is 2.83. The van der Waals surface area contributed by atoms with E-state index in [0.717, 1.165) is 6.54 Å². The van der Waals surface area contributed by atoms with Crippen LogP contribution in [0.1, 0.15) is 28.4 Å². The van der Waals surface area contributed by atoms with E-state index in [1.807, 2.05) is 11.3 Å². The van der Waals surface area contributed by atoms with Gasteiger partial charge in [-0.05, 0) is 38.1 Å². The molecule has 0 aromatic carbocycles. The van der Waals surface area contributed by atoms with E-state index in [9.17, 15) is 0 Å². The zero-order valence-electron chi connectivity index (χ0n) is 10.0. The van der Waals surface area contributed by atoms with Gasteiger partial charge in [-0.1, -0.05) is 0 Å². The molecule has 16 heavy (non-hydrogen) atoms. The van der Waals surface area contributed by atoms with Gasteiger partial charge in [0.05, 0.1) is 0 Å². The van der Waals surface area contributed by atoms with Gasteiger partial charge in [0.25, 0.3) is 0 Å². The van der Waals surface area contributed by atoms with Crippen LogP contribution in [0.5, 0.6) is 0 Å². The fraction of sp³-hybridized carbons (Fsp3) is 0.385. The van der Waals surface area contributed by atoms with Crippen LogP contribution in [0.25, 0.3) is 0 Å². The molecule has 0 amide bonds. The molecule has 2 heterocycles. The molecule has 3 heteroatoms. The Balaban J connectivity index is 1.93. The molecule has 0 aliphatic carbocycles. The summed E-state index contributed by atoms with van der Waals surface area (Å²) in [6.45, 7) is 5.29. The van der Waals surface area contributed by atoms with E-state index in [4.69, 9.17) is 0 Å². The maximum absolute atomic E-state index is 3.55. The number of nitrogens with zero attached hydrogens (tertiary/aromatic N) is 1. The number of nitrogens with one attached hydrogen (secondary N) is 1. The van der Waals surface area contributed by atoms with Crippen LogP contribution in [0.4, 0.5) is 0 Å². The Labute approximate surface area is 101 Å². The van der Waals surface area contributed by atoms with Gasteiger partial charge in [0.15, 0.2) is 0 Å². The Morgan fingerprint density at radius 3 is 2.75 bits per heavy atom. The second kappa shape index (κ2) is 4.85. The van der Waals surface area contributed by atoms with Crippen LogP contribution in [0.2, 0.25) is 0 Å². The summed E-state index contributed by atoms with van der Waals surface area (Å²) in [7, 11) is 2.08. The third-order valence-corrected chi connectivity index (χ3v) is 4.01. The van der Waals surface area contributed by atoms with Gasteiger partial charge in [0.1, 0.15) is 0 Å². The van der Waals surface area contributed by atoms with E-state index in [1.165, 1.54) is 15.4 Å². The molecule has 2 aromatic heterocycles. The third kappa shape index (κ3) is 2.54. The molecule has 0 saturated heterocycles. The van der Waals surface area contributed by atoms with Crippen LogP contribution in [-0.4, -0.2) is 4.57 Å². The molecule has 0 radical (unpaired) electrons. The first kappa shape index (κ1) is 11.4. The van der Waals surface area contributed by atoms with Gasteiger partial charge in [0.2, 0.25) is 0 Å². The van der Waals surface area contributed by atoms with E-state index in [-0.39, 0.29) is 0 Å². The van der Waals surface area contributed by atoms with Crippen LogP contribution in [-0.2, 0) is 13.6 Å². The predicted molar refractivity (Wildman–Crippen MR) is 69.7 cm³/mol. The fourth-order valence-electron chi connectivity index (χ4n) is 1.72. The number of hydrogen-bond donors (Lipinski definition) is 1. The van der Waals surface area contributed by atoms with Crippen molar-refractivity contribution < 1.29 is 0 Å². The monoisotopic (exact) mass is 234 g/mol. The van der Waals surface area contributed by atoms with E-state index >= 15 is 0 Å². The number of thiophene rings is 1. The zero-order valence-corrected chi connectivity index (χ0v) is 10.8. The number of aryl methyl sites for hydroxylation is 2. The smallest absolute Gasteiger partial charge is 0.0389 e. The van der Waals surface area contributed by atoms with Crippen molar-refractivity contribution in [1.29, 1.82) is 0 Å². The van der Waals surface area contributed by atoms with Crippen LogP contribution in [0.3, 0.4) is 0 Å². The van der Waals surface area contributed by atoms with Crippen molar-refractivity contribution in [2.75, 3.05) is 0 Å². The van der Waals surface area contributed by atoms with Crippen molar-refractivity contribution in [3.8, 4) is 0 Å². The number of aromatic nitrogens is 1. The molecule has 2 rings (SSSR count). The van der Waals surface area contributed by atoms with E-state index in [1.54, 1.807) is 0 Å². The van der Waals surface area contributed by atoms with Crippen LogP contribution in [0, 0.1) is 6.92 Å². The summed E-state index contributed by atoms with van der Waals surface area (Å²) < 4.78 is 2.15. The van der Waals surface area contributed by atoms with Crippen molar-refractivity contribution in [2.24, 2.45) is 7.05 Å². The second-order valence-electron chi connectivity index (χ2n) is 4.16. The number of rotatable bonds is 4. The second-order valence-corrected chi connectivity index (χ2v) is 5.48. The lowest BCUT2D eigenvalue weighted by atomic mass is 10.2. The molecule has 0 saturated carbocycles. The lowest BCUT2D eigenvalue weighted by molar-refractivity contribution is 0.565. The van der Waals surface area contributed by atoms with Gasteiger partial charge in [0, 0.05) is 41.3 Å². The minimum atomic E-state index is 0.425. The summed E-state index contributed by atoms with van der Waals surface area (Å²) >= 11 is 1.87. The Bertz CT molecular complexity index is 456. The zero-order chi connectivity index (χ0) is 11.5. The minimum absolute atomic E-state index is 0.425. The van der Waals surface area contributed by atoms with Crippen molar-refractivity contribution >= 4 is 11.3 Å².